The van der Waals surface area contributed by atoms with Crippen LogP contribution in [0.25, 0.3) is 0 Å². The number of thioether (sulfide) groups is 1. The van der Waals surface area contributed by atoms with Gasteiger partial charge in [-0.15, -0.1) is 11.8 Å². The standard InChI is InChI=1S/C18H19N3O2S/c1-18(2)11-21(17(23)20-12-5-4-8-19-10-12)15-9-13(24-3)6-7-14(15)16(18)22/h4-10H,11H2,1-3H3,(H,20,23). The number of aromatic nitrogens is 1. The van der Waals surface area contributed by atoms with Gasteiger partial charge in [-0.25, -0.2) is 4.79 Å². The first-order valence-electron chi connectivity index (χ1n) is 7.64. The first kappa shape index (κ1) is 16.5. The molecule has 2 heterocycles. The SMILES string of the molecule is CSc1ccc2c(c1)N(C(=O)Nc1cccnc1)CC(C)(C)C2=O. The van der Waals surface area contributed by atoms with Crippen molar-refractivity contribution in [1.29, 1.82) is 0 Å². The number of hydrogen-bond donors (Lipinski definition) is 1. The first-order valence-corrected chi connectivity index (χ1v) is 8.86. The molecule has 2 amide bonds. The highest BCUT2D eigenvalue weighted by Gasteiger charge is 2.40. The van der Waals surface area contributed by atoms with Crippen LogP contribution in [0.2, 0.25) is 0 Å². The number of nitrogens with one attached hydrogen (secondary N) is 1. The molecule has 0 spiro atoms. The van der Waals surface area contributed by atoms with E-state index in [2.05, 4.69) is 10.3 Å². The Kier molecular flexibility index (Phi) is 4.32. The molecule has 0 atom stereocenters. The number of amides is 2. The van der Waals surface area contributed by atoms with E-state index in [0.29, 0.717) is 23.5 Å². The van der Waals surface area contributed by atoms with E-state index >= 15 is 0 Å². The number of urea groups is 1. The maximum Gasteiger partial charge on any atom is 0.326 e. The van der Waals surface area contributed by atoms with Crippen LogP contribution >= 0.6 is 11.8 Å². The van der Waals surface area contributed by atoms with Gasteiger partial charge < -0.3 is 5.32 Å². The quantitative estimate of drug-likeness (QED) is 0.837. The van der Waals surface area contributed by atoms with Gasteiger partial charge in [0.1, 0.15) is 0 Å². The van der Waals surface area contributed by atoms with Crippen molar-refractivity contribution < 1.29 is 9.59 Å². The highest BCUT2D eigenvalue weighted by Crippen LogP contribution is 2.38. The van der Waals surface area contributed by atoms with E-state index in [1.54, 1.807) is 41.2 Å². The minimum Gasteiger partial charge on any atom is -0.306 e. The largest absolute Gasteiger partial charge is 0.326 e. The summed E-state index contributed by atoms with van der Waals surface area (Å²) in [5, 5.41) is 2.85. The van der Waals surface area contributed by atoms with Crippen molar-refractivity contribution in [3.05, 3.63) is 48.3 Å². The van der Waals surface area contributed by atoms with Crippen molar-refractivity contribution in [1.82, 2.24) is 4.98 Å². The van der Waals surface area contributed by atoms with Crippen LogP contribution in [0, 0.1) is 5.41 Å². The summed E-state index contributed by atoms with van der Waals surface area (Å²) >= 11 is 1.58. The Morgan fingerprint density at radius 1 is 1.33 bits per heavy atom. The van der Waals surface area contributed by atoms with Gasteiger partial charge in [0.25, 0.3) is 0 Å². The molecule has 24 heavy (non-hydrogen) atoms. The molecule has 3 rings (SSSR count). The Bertz CT molecular complexity index is 790. The summed E-state index contributed by atoms with van der Waals surface area (Å²) in [7, 11) is 0. The predicted molar refractivity (Wildman–Crippen MR) is 96.9 cm³/mol. The fourth-order valence-electron chi connectivity index (χ4n) is 2.78. The lowest BCUT2D eigenvalue weighted by Crippen LogP contribution is -2.49. The summed E-state index contributed by atoms with van der Waals surface area (Å²) in [6, 6.07) is 8.91. The van der Waals surface area contributed by atoms with Gasteiger partial charge in [0.05, 0.1) is 17.6 Å². The highest BCUT2D eigenvalue weighted by molar-refractivity contribution is 7.98. The van der Waals surface area contributed by atoms with Gasteiger partial charge in [0, 0.05) is 28.6 Å². The molecule has 0 aliphatic carbocycles. The van der Waals surface area contributed by atoms with Crippen LogP contribution in [0.4, 0.5) is 16.2 Å². The zero-order valence-corrected chi connectivity index (χ0v) is 14.7. The van der Waals surface area contributed by atoms with E-state index < -0.39 is 5.41 Å². The van der Waals surface area contributed by atoms with Crippen LogP contribution in [-0.2, 0) is 0 Å². The molecule has 124 valence electrons. The van der Waals surface area contributed by atoms with Crippen molar-refractivity contribution in [3.63, 3.8) is 0 Å². The Hall–Kier alpha value is -2.34. The number of carbonyl (C=O) groups excluding carboxylic acids is 2. The van der Waals surface area contributed by atoms with Crippen molar-refractivity contribution in [2.45, 2.75) is 18.7 Å². The summed E-state index contributed by atoms with van der Waals surface area (Å²) in [5.74, 6) is 0.0654. The van der Waals surface area contributed by atoms with Crippen LogP contribution in [0.3, 0.4) is 0 Å². The van der Waals surface area contributed by atoms with E-state index in [0.717, 1.165) is 4.90 Å². The summed E-state index contributed by atoms with van der Waals surface area (Å²) in [4.78, 5) is 32.1. The molecule has 1 N–H and O–H groups in total. The van der Waals surface area contributed by atoms with Gasteiger partial charge in [-0.2, -0.15) is 0 Å². The number of rotatable bonds is 2. The highest BCUT2D eigenvalue weighted by atomic mass is 32.2. The second-order valence-corrected chi connectivity index (χ2v) is 7.23. The van der Waals surface area contributed by atoms with Gasteiger partial charge in [0.2, 0.25) is 0 Å². The molecule has 1 aliphatic rings. The molecule has 2 aromatic rings. The monoisotopic (exact) mass is 341 g/mol. The van der Waals surface area contributed by atoms with Gasteiger partial charge in [-0.1, -0.05) is 13.8 Å². The van der Waals surface area contributed by atoms with Crippen LogP contribution in [-0.4, -0.2) is 29.6 Å². The number of fused-ring (bicyclic) bond motifs is 1. The molecule has 0 fully saturated rings. The molecule has 5 nitrogen and oxygen atoms in total. The van der Waals surface area contributed by atoms with E-state index in [1.807, 2.05) is 38.3 Å². The average molecular weight is 341 g/mol. The number of pyridine rings is 1. The van der Waals surface area contributed by atoms with Gasteiger partial charge in [0.15, 0.2) is 5.78 Å². The number of carbonyl (C=O) groups is 2. The Balaban J connectivity index is 1.99. The summed E-state index contributed by atoms with van der Waals surface area (Å²) in [5.41, 5.74) is 1.25. The molecule has 0 unspecified atom stereocenters. The van der Waals surface area contributed by atoms with E-state index in [1.165, 1.54) is 0 Å². The third-order valence-corrected chi connectivity index (χ3v) is 4.79. The molecule has 1 aromatic carbocycles. The summed E-state index contributed by atoms with van der Waals surface area (Å²) in [6.45, 7) is 4.07. The minimum absolute atomic E-state index is 0.0654. The van der Waals surface area contributed by atoms with Crippen LogP contribution in [0.15, 0.2) is 47.6 Å². The Morgan fingerprint density at radius 3 is 2.79 bits per heavy atom. The molecule has 0 bridgehead atoms. The summed E-state index contributed by atoms with van der Waals surface area (Å²) < 4.78 is 0. The van der Waals surface area contributed by atoms with Crippen LogP contribution in [0.1, 0.15) is 24.2 Å². The second-order valence-electron chi connectivity index (χ2n) is 6.35. The smallest absolute Gasteiger partial charge is 0.306 e. The fraction of sp³-hybridized carbons (Fsp3) is 0.278. The topological polar surface area (TPSA) is 62.3 Å². The third kappa shape index (κ3) is 3.01. The number of anilines is 2. The Morgan fingerprint density at radius 2 is 2.12 bits per heavy atom. The van der Waals surface area contributed by atoms with Gasteiger partial charge >= 0.3 is 6.03 Å². The number of nitrogens with zero attached hydrogens (tertiary/aromatic N) is 2. The summed E-state index contributed by atoms with van der Waals surface area (Å²) in [6.07, 6.45) is 5.21. The molecular formula is C18H19N3O2S. The van der Waals surface area contributed by atoms with Gasteiger partial charge in [-0.3, -0.25) is 14.7 Å². The lowest BCUT2D eigenvalue weighted by Gasteiger charge is -2.38. The number of Topliss-reactive ketones (excluding diaryl/α,β-unsaturated/α-hetero) is 1. The molecular weight excluding hydrogens is 322 g/mol. The first-order chi connectivity index (χ1) is 11.4. The van der Waals surface area contributed by atoms with E-state index in [4.69, 9.17) is 0 Å². The third-order valence-electron chi connectivity index (χ3n) is 4.07. The van der Waals surface area contributed by atoms with Crippen LogP contribution < -0.4 is 10.2 Å². The second kappa shape index (κ2) is 6.28. The van der Waals surface area contributed by atoms with E-state index in [9.17, 15) is 9.59 Å². The van der Waals surface area contributed by atoms with E-state index in [-0.39, 0.29) is 11.8 Å². The number of hydrogen-bond acceptors (Lipinski definition) is 4. The zero-order chi connectivity index (χ0) is 17.3. The maximum atomic E-state index is 12.8. The lowest BCUT2D eigenvalue weighted by atomic mass is 9.80. The Labute approximate surface area is 145 Å². The van der Waals surface area contributed by atoms with Crippen molar-refractivity contribution in [3.8, 4) is 0 Å². The molecule has 0 radical (unpaired) electrons. The molecule has 0 saturated carbocycles. The molecule has 1 aromatic heterocycles. The maximum absolute atomic E-state index is 12.8. The lowest BCUT2D eigenvalue weighted by molar-refractivity contribution is 0.0837. The fourth-order valence-corrected chi connectivity index (χ4v) is 3.21. The van der Waals surface area contributed by atoms with Crippen molar-refractivity contribution >= 4 is 35.0 Å². The zero-order valence-electron chi connectivity index (χ0n) is 13.9. The number of benzene rings is 1. The molecule has 0 saturated heterocycles. The average Bonchev–Trinajstić information content (AvgIpc) is 2.58. The molecule has 1 aliphatic heterocycles. The van der Waals surface area contributed by atoms with Gasteiger partial charge in [-0.05, 0) is 36.6 Å². The minimum atomic E-state index is -0.625. The number of ketones is 1. The normalized spacial score (nSPS) is 15.8. The van der Waals surface area contributed by atoms with Crippen molar-refractivity contribution in [2.24, 2.45) is 5.41 Å². The van der Waals surface area contributed by atoms with Crippen molar-refractivity contribution in [2.75, 3.05) is 23.0 Å². The predicted octanol–water partition coefficient (Wildman–Crippen LogP) is 4.06. The van der Waals surface area contributed by atoms with Crippen LogP contribution in [0.5, 0.6) is 0 Å². The molecule has 6 heteroatoms.